The Balaban J connectivity index is 2.58. The zero-order chi connectivity index (χ0) is 12.4. The van der Waals surface area contributed by atoms with E-state index in [4.69, 9.17) is 21.1 Å². The fourth-order valence-corrected chi connectivity index (χ4v) is 2.56. The molecule has 3 nitrogen and oxygen atoms in total. The maximum Gasteiger partial charge on any atom is 0.140 e. The number of aryl methyl sites for hydroxylation is 1. The van der Waals surface area contributed by atoms with Gasteiger partial charge in [-0.05, 0) is 24.6 Å². The molecular formula is C12H12ClNO2S. The third-order valence-electron chi connectivity index (χ3n) is 2.42. The lowest BCUT2D eigenvalue weighted by molar-refractivity contribution is 0.402. The standard InChI is InChI=1S/C12H12ClNO2S/c1-7-4-10(16-3)8(5-9(7)15-2)12-14-11(13)6-17-12/h4-6H,1-3H3. The van der Waals surface area contributed by atoms with Crippen molar-refractivity contribution in [1.29, 1.82) is 0 Å². The molecule has 0 spiro atoms. The van der Waals surface area contributed by atoms with Gasteiger partial charge in [-0.3, -0.25) is 0 Å². The van der Waals surface area contributed by atoms with E-state index in [9.17, 15) is 0 Å². The largest absolute Gasteiger partial charge is 0.496 e. The van der Waals surface area contributed by atoms with Crippen molar-refractivity contribution < 1.29 is 9.47 Å². The van der Waals surface area contributed by atoms with E-state index >= 15 is 0 Å². The second kappa shape index (κ2) is 4.94. The summed E-state index contributed by atoms with van der Waals surface area (Å²) < 4.78 is 10.7. The maximum absolute atomic E-state index is 5.84. The molecule has 0 unspecified atom stereocenters. The van der Waals surface area contributed by atoms with E-state index in [1.54, 1.807) is 19.6 Å². The Hall–Kier alpha value is -1.26. The molecule has 0 bridgehead atoms. The number of ether oxygens (including phenoxy) is 2. The first kappa shape index (κ1) is 12.2. The van der Waals surface area contributed by atoms with Crippen molar-refractivity contribution in [2.75, 3.05) is 14.2 Å². The number of benzene rings is 1. The van der Waals surface area contributed by atoms with Gasteiger partial charge in [-0.15, -0.1) is 11.3 Å². The molecule has 5 heteroatoms. The second-order valence-corrected chi connectivity index (χ2v) is 4.74. The lowest BCUT2D eigenvalue weighted by atomic mass is 10.1. The second-order valence-electron chi connectivity index (χ2n) is 3.50. The molecule has 0 fully saturated rings. The smallest absolute Gasteiger partial charge is 0.140 e. The van der Waals surface area contributed by atoms with Gasteiger partial charge >= 0.3 is 0 Å². The van der Waals surface area contributed by atoms with E-state index in [2.05, 4.69) is 4.98 Å². The SMILES string of the molecule is COc1cc(-c2nc(Cl)cs2)c(OC)cc1C. The van der Waals surface area contributed by atoms with Gasteiger partial charge in [0.2, 0.25) is 0 Å². The van der Waals surface area contributed by atoms with Gasteiger partial charge in [0.15, 0.2) is 0 Å². The van der Waals surface area contributed by atoms with Crippen LogP contribution in [0.2, 0.25) is 5.15 Å². The van der Waals surface area contributed by atoms with Crippen LogP contribution in [0.1, 0.15) is 5.56 Å². The van der Waals surface area contributed by atoms with E-state index in [1.807, 2.05) is 19.1 Å². The van der Waals surface area contributed by atoms with E-state index in [-0.39, 0.29) is 0 Å². The number of nitrogens with zero attached hydrogens (tertiary/aromatic N) is 1. The first-order valence-corrected chi connectivity index (χ1v) is 6.25. The van der Waals surface area contributed by atoms with Crippen LogP contribution in [0, 0.1) is 6.92 Å². The van der Waals surface area contributed by atoms with Crippen molar-refractivity contribution in [3.8, 4) is 22.1 Å². The number of aromatic nitrogens is 1. The maximum atomic E-state index is 5.84. The fourth-order valence-electron chi connectivity index (χ4n) is 1.60. The first-order valence-electron chi connectivity index (χ1n) is 4.99. The third-order valence-corrected chi connectivity index (χ3v) is 3.62. The average Bonchev–Trinajstić information content (AvgIpc) is 2.75. The molecule has 1 aromatic heterocycles. The van der Waals surface area contributed by atoms with E-state index in [0.717, 1.165) is 27.6 Å². The zero-order valence-electron chi connectivity index (χ0n) is 9.78. The summed E-state index contributed by atoms with van der Waals surface area (Å²) in [5.74, 6) is 1.58. The molecule has 0 aliphatic heterocycles. The predicted molar refractivity (Wildman–Crippen MR) is 70.4 cm³/mol. The molecule has 0 amide bonds. The van der Waals surface area contributed by atoms with Gasteiger partial charge in [0.25, 0.3) is 0 Å². The van der Waals surface area contributed by atoms with E-state index in [0.29, 0.717) is 5.15 Å². The van der Waals surface area contributed by atoms with Crippen LogP contribution < -0.4 is 9.47 Å². The van der Waals surface area contributed by atoms with Crippen molar-refractivity contribution in [3.05, 3.63) is 28.2 Å². The van der Waals surface area contributed by atoms with Gasteiger partial charge in [0.05, 0.1) is 19.8 Å². The highest BCUT2D eigenvalue weighted by Crippen LogP contribution is 2.37. The molecule has 0 saturated heterocycles. The number of rotatable bonds is 3. The predicted octanol–water partition coefficient (Wildman–Crippen LogP) is 3.79. The van der Waals surface area contributed by atoms with E-state index in [1.165, 1.54) is 11.3 Å². The topological polar surface area (TPSA) is 31.4 Å². The molecule has 1 aromatic carbocycles. The molecule has 0 saturated carbocycles. The van der Waals surface area contributed by atoms with Crippen LogP contribution in [0.15, 0.2) is 17.5 Å². The molecule has 2 rings (SSSR count). The average molecular weight is 270 g/mol. The lowest BCUT2D eigenvalue weighted by Crippen LogP contribution is -1.93. The highest BCUT2D eigenvalue weighted by atomic mass is 35.5. The third kappa shape index (κ3) is 2.37. The van der Waals surface area contributed by atoms with Crippen molar-refractivity contribution in [2.45, 2.75) is 6.92 Å². The first-order chi connectivity index (χ1) is 8.15. The van der Waals surface area contributed by atoms with Gasteiger partial charge in [0.1, 0.15) is 21.7 Å². The summed E-state index contributed by atoms with van der Waals surface area (Å²) >= 11 is 7.32. The minimum atomic E-state index is 0.492. The van der Waals surface area contributed by atoms with Crippen LogP contribution in [-0.2, 0) is 0 Å². The summed E-state index contributed by atoms with van der Waals surface area (Å²) in [6.07, 6.45) is 0. The number of thiazole rings is 1. The van der Waals surface area contributed by atoms with E-state index < -0.39 is 0 Å². The molecule has 0 aliphatic carbocycles. The van der Waals surface area contributed by atoms with Gasteiger partial charge in [-0.1, -0.05) is 11.6 Å². The van der Waals surface area contributed by atoms with Crippen LogP contribution in [0.25, 0.3) is 10.6 Å². The van der Waals surface area contributed by atoms with Crippen LogP contribution >= 0.6 is 22.9 Å². The summed E-state index contributed by atoms with van der Waals surface area (Å²) in [6.45, 7) is 1.97. The van der Waals surface area contributed by atoms with Gasteiger partial charge in [0, 0.05) is 5.38 Å². The number of hydrogen-bond acceptors (Lipinski definition) is 4. The zero-order valence-corrected chi connectivity index (χ0v) is 11.4. The van der Waals surface area contributed by atoms with Crippen molar-refractivity contribution in [2.24, 2.45) is 0 Å². The monoisotopic (exact) mass is 269 g/mol. The normalized spacial score (nSPS) is 10.4. The molecule has 1 heterocycles. The van der Waals surface area contributed by atoms with Gasteiger partial charge in [-0.2, -0.15) is 0 Å². The van der Waals surface area contributed by atoms with Crippen molar-refractivity contribution >= 4 is 22.9 Å². The molecule has 0 atom stereocenters. The highest BCUT2D eigenvalue weighted by molar-refractivity contribution is 7.13. The van der Waals surface area contributed by atoms with Crippen LogP contribution in [-0.4, -0.2) is 19.2 Å². The molecule has 0 N–H and O–H groups in total. The van der Waals surface area contributed by atoms with Crippen molar-refractivity contribution in [1.82, 2.24) is 4.98 Å². The fraction of sp³-hybridized carbons (Fsp3) is 0.250. The van der Waals surface area contributed by atoms with Gasteiger partial charge < -0.3 is 9.47 Å². The Morgan fingerprint density at radius 2 is 1.88 bits per heavy atom. The molecule has 2 aromatic rings. The minimum absolute atomic E-state index is 0.492. The Labute approximate surface area is 109 Å². The van der Waals surface area contributed by atoms with Gasteiger partial charge in [-0.25, -0.2) is 4.98 Å². The summed E-state index contributed by atoms with van der Waals surface area (Å²) in [6, 6.07) is 3.85. The Morgan fingerprint density at radius 1 is 1.18 bits per heavy atom. The summed E-state index contributed by atoms with van der Waals surface area (Å²) in [7, 11) is 3.29. The summed E-state index contributed by atoms with van der Waals surface area (Å²) in [5, 5.41) is 3.11. The highest BCUT2D eigenvalue weighted by Gasteiger charge is 2.13. The molecule has 17 heavy (non-hydrogen) atoms. The molecular weight excluding hydrogens is 258 g/mol. The summed E-state index contributed by atoms with van der Waals surface area (Å²) in [4.78, 5) is 4.24. The molecule has 0 aliphatic rings. The quantitative estimate of drug-likeness (QED) is 0.850. The molecule has 0 radical (unpaired) electrons. The van der Waals surface area contributed by atoms with Crippen LogP contribution in [0.3, 0.4) is 0 Å². The number of methoxy groups -OCH3 is 2. The number of hydrogen-bond donors (Lipinski definition) is 0. The lowest BCUT2D eigenvalue weighted by Gasteiger charge is -2.11. The van der Waals surface area contributed by atoms with Crippen molar-refractivity contribution in [3.63, 3.8) is 0 Å². The molecule has 90 valence electrons. The summed E-state index contributed by atoms with van der Waals surface area (Å²) in [5.41, 5.74) is 1.92. The Bertz CT molecular complexity index is 539. The minimum Gasteiger partial charge on any atom is -0.496 e. The number of halogens is 1. The Morgan fingerprint density at radius 3 is 2.41 bits per heavy atom. The van der Waals surface area contributed by atoms with Crippen LogP contribution in [0.5, 0.6) is 11.5 Å². The Kier molecular flexibility index (Phi) is 3.54. The van der Waals surface area contributed by atoms with Crippen LogP contribution in [0.4, 0.5) is 0 Å².